The number of hydrogen-bond donors (Lipinski definition) is 1. The minimum atomic E-state index is -0.0490. The second-order valence-corrected chi connectivity index (χ2v) is 6.17. The van der Waals surface area contributed by atoms with Crippen molar-refractivity contribution in [1.82, 2.24) is 14.5 Å². The van der Waals surface area contributed by atoms with Crippen LogP contribution in [0.3, 0.4) is 0 Å². The Morgan fingerprint density at radius 3 is 2.96 bits per heavy atom. The molecule has 7 heteroatoms. The summed E-state index contributed by atoms with van der Waals surface area (Å²) in [5.41, 5.74) is 2.64. The number of benzene rings is 1. The van der Waals surface area contributed by atoms with Gasteiger partial charge in [-0.25, -0.2) is 4.79 Å². The van der Waals surface area contributed by atoms with Gasteiger partial charge < -0.3 is 15.0 Å². The number of carbonyl (C=O) groups excluding carboxylic acids is 1. The van der Waals surface area contributed by atoms with Gasteiger partial charge in [-0.3, -0.25) is 0 Å². The van der Waals surface area contributed by atoms with Gasteiger partial charge in [0.1, 0.15) is 5.69 Å². The maximum atomic E-state index is 12.3. The highest BCUT2D eigenvalue weighted by Gasteiger charge is 2.26. The first-order chi connectivity index (χ1) is 11.3. The van der Waals surface area contributed by atoms with Crippen LogP contribution in [0.25, 0.3) is 11.3 Å². The molecule has 0 radical (unpaired) electrons. The number of likely N-dealkylation sites (tertiary alicyclic amines) is 1. The van der Waals surface area contributed by atoms with Gasteiger partial charge >= 0.3 is 6.03 Å². The van der Waals surface area contributed by atoms with Crippen LogP contribution in [0.2, 0.25) is 0 Å². The Bertz CT molecular complexity index is 630. The Labute approximate surface area is 139 Å². The number of aromatic nitrogens is 2. The van der Waals surface area contributed by atoms with Crippen LogP contribution < -0.4 is 5.32 Å². The van der Waals surface area contributed by atoms with E-state index in [0.717, 1.165) is 49.7 Å². The van der Waals surface area contributed by atoms with E-state index in [1.54, 1.807) is 0 Å². The largest absolute Gasteiger partial charge is 0.381 e. The second-order valence-electron chi connectivity index (χ2n) is 5.56. The molecule has 122 valence electrons. The number of rotatable bonds is 5. The fourth-order valence-corrected chi connectivity index (χ4v) is 3.12. The molecule has 1 N–H and O–H groups in total. The van der Waals surface area contributed by atoms with Crippen molar-refractivity contribution in [1.29, 1.82) is 0 Å². The quantitative estimate of drug-likeness (QED) is 0.913. The summed E-state index contributed by atoms with van der Waals surface area (Å²) in [5.74, 6) is 0.445. The highest BCUT2D eigenvalue weighted by molar-refractivity contribution is 7.03. The summed E-state index contributed by atoms with van der Waals surface area (Å²) in [5, 5.41) is 8.88. The molecule has 0 saturated carbocycles. The first-order valence-electron chi connectivity index (χ1n) is 7.77. The first kappa shape index (κ1) is 15.9. The normalized spacial score (nSPS) is 17.4. The lowest BCUT2D eigenvalue weighted by Crippen LogP contribution is -2.33. The maximum absolute atomic E-state index is 12.3. The zero-order valence-electron chi connectivity index (χ0n) is 13.1. The topological polar surface area (TPSA) is 67.3 Å². The molecule has 23 heavy (non-hydrogen) atoms. The Hall–Kier alpha value is -1.99. The molecule has 1 aliphatic rings. The lowest BCUT2D eigenvalue weighted by atomic mass is 10.1. The maximum Gasteiger partial charge on any atom is 0.321 e. The van der Waals surface area contributed by atoms with E-state index in [0.29, 0.717) is 5.92 Å². The molecule has 1 aliphatic heterocycles. The summed E-state index contributed by atoms with van der Waals surface area (Å²) in [7, 11) is 0. The van der Waals surface area contributed by atoms with E-state index in [2.05, 4.69) is 14.9 Å². The summed E-state index contributed by atoms with van der Waals surface area (Å²) >= 11 is 1.32. The third-order valence-electron chi connectivity index (χ3n) is 3.92. The molecule has 1 fully saturated rings. The lowest BCUT2D eigenvalue weighted by molar-refractivity contribution is 0.113. The van der Waals surface area contributed by atoms with E-state index in [1.807, 2.05) is 41.5 Å². The zero-order chi connectivity index (χ0) is 16.1. The first-order valence-corrected chi connectivity index (χ1v) is 8.61. The smallest absolute Gasteiger partial charge is 0.321 e. The van der Waals surface area contributed by atoms with Gasteiger partial charge in [-0.05, 0) is 37.0 Å². The highest BCUT2D eigenvalue weighted by atomic mass is 32.1. The molecule has 3 rings (SSSR count). The second kappa shape index (κ2) is 7.52. The summed E-state index contributed by atoms with van der Waals surface area (Å²) in [6.07, 6.45) is 1.00. The van der Waals surface area contributed by atoms with Gasteiger partial charge in [0.25, 0.3) is 0 Å². The summed E-state index contributed by atoms with van der Waals surface area (Å²) in [4.78, 5) is 14.2. The average Bonchev–Trinajstić information content (AvgIpc) is 3.25. The SMILES string of the molecule is CCOC[C@H]1CCN(C(=O)Nc2ccc(-c3csnn3)cc2)C1. The molecule has 0 unspecified atom stereocenters. The van der Waals surface area contributed by atoms with Crippen molar-refractivity contribution >= 4 is 23.3 Å². The van der Waals surface area contributed by atoms with Gasteiger partial charge in [-0.1, -0.05) is 16.6 Å². The van der Waals surface area contributed by atoms with Crippen LogP contribution in [0.15, 0.2) is 29.6 Å². The van der Waals surface area contributed by atoms with E-state index in [1.165, 1.54) is 11.5 Å². The van der Waals surface area contributed by atoms with Gasteiger partial charge in [-0.2, -0.15) is 0 Å². The number of hydrogen-bond acceptors (Lipinski definition) is 5. The minimum absolute atomic E-state index is 0.0490. The Morgan fingerprint density at radius 2 is 2.26 bits per heavy atom. The van der Waals surface area contributed by atoms with Crippen molar-refractivity contribution in [3.63, 3.8) is 0 Å². The molecule has 1 saturated heterocycles. The van der Waals surface area contributed by atoms with Crippen LogP contribution in [-0.2, 0) is 4.74 Å². The molecule has 0 aliphatic carbocycles. The number of urea groups is 1. The molecule has 2 aromatic rings. The minimum Gasteiger partial charge on any atom is -0.381 e. The summed E-state index contributed by atoms with van der Waals surface area (Å²) in [6.45, 7) is 4.99. The Kier molecular flexibility index (Phi) is 5.19. The van der Waals surface area contributed by atoms with Crippen LogP contribution in [-0.4, -0.2) is 46.8 Å². The van der Waals surface area contributed by atoms with Crippen molar-refractivity contribution in [2.24, 2.45) is 5.92 Å². The molecule has 0 bridgehead atoms. The van der Waals surface area contributed by atoms with Gasteiger partial charge in [0, 0.05) is 42.2 Å². The fraction of sp³-hybridized carbons (Fsp3) is 0.438. The van der Waals surface area contributed by atoms with Crippen molar-refractivity contribution in [2.75, 3.05) is 31.6 Å². The fourth-order valence-electron chi connectivity index (χ4n) is 2.65. The van der Waals surface area contributed by atoms with Crippen LogP contribution in [0.4, 0.5) is 10.5 Å². The van der Waals surface area contributed by atoms with E-state index in [-0.39, 0.29) is 6.03 Å². The van der Waals surface area contributed by atoms with Crippen LogP contribution in [0, 0.1) is 5.92 Å². The number of nitrogens with one attached hydrogen (secondary N) is 1. The van der Waals surface area contributed by atoms with Crippen molar-refractivity contribution in [2.45, 2.75) is 13.3 Å². The van der Waals surface area contributed by atoms with Crippen LogP contribution in [0.5, 0.6) is 0 Å². The third kappa shape index (κ3) is 4.05. The predicted molar refractivity (Wildman–Crippen MR) is 90.5 cm³/mol. The molecule has 6 nitrogen and oxygen atoms in total. The number of carbonyl (C=O) groups is 1. The van der Waals surface area contributed by atoms with Gasteiger partial charge in [0.2, 0.25) is 0 Å². The molecule has 2 amide bonds. The van der Waals surface area contributed by atoms with Gasteiger partial charge in [0.05, 0.1) is 6.61 Å². The van der Waals surface area contributed by atoms with E-state index < -0.39 is 0 Å². The highest BCUT2D eigenvalue weighted by Crippen LogP contribution is 2.21. The molecular formula is C16H20N4O2S. The van der Waals surface area contributed by atoms with Gasteiger partial charge in [-0.15, -0.1) is 5.10 Å². The molecule has 0 spiro atoms. The summed E-state index contributed by atoms with van der Waals surface area (Å²) in [6, 6.07) is 7.61. The molecular weight excluding hydrogens is 312 g/mol. The van der Waals surface area contributed by atoms with Crippen LogP contribution in [0.1, 0.15) is 13.3 Å². The lowest BCUT2D eigenvalue weighted by Gasteiger charge is -2.17. The summed E-state index contributed by atoms with van der Waals surface area (Å²) < 4.78 is 9.30. The average molecular weight is 332 g/mol. The third-order valence-corrected chi connectivity index (χ3v) is 4.43. The number of anilines is 1. The van der Waals surface area contributed by atoms with E-state index in [9.17, 15) is 4.79 Å². The molecule has 2 heterocycles. The predicted octanol–water partition coefficient (Wildman–Crippen LogP) is 3.10. The van der Waals surface area contributed by atoms with E-state index >= 15 is 0 Å². The standard InChI is InChI=1S/C16H20N4O2S/c1-2-22-10-12-7-8-20(9-12)16(21)17-14-5-3-13(4-6-14)15-11-23-19-18-15/h3-6,11-12H,2,7-10H2,1H3,(H,17,21)/t12-/m0/s1. The van der Waals surface area contributed by atoms with E-state index in [4.69, 9.17) is 4.74 Å². The number of nitrogens with zero attached hydrogens (tertiary/aromatic N) is 3. The molecule has 1 aromatic heterocycles. The number of ether oxygens (including phenoxy) is 1. The molecule has 1 aromatic carbocycles. The Balaban J connectivity index is 1.54. The van der Waals surface area contributed by atoms with Crippen molar-refractivity contribution < 1.29 is 9.53 Å². The zero-order valence-corrected chi connectivity index (χ0v) is 13.9. The van der Waals surface area contributed by atoms with Crippen LogP contribution >= 0.6 is 11.5 Å². The molecule has 1 atom stereocenters. The van der Waals surface area contributed by atoms with Gasteiger partial charge in [0.15, 0.2) is 0 Å². The van der Waals surface area contributed by atoms with Crippen molar-refractivity contribution in [3.8, 4) is 11.3 Å². The number of amides is 2. The van der Waals surface area contributed by atoms with Crippen molar-refractivity contribution in [3.05, 3.63) is 29.6 Å². The monoisotopic (exact) mass is 332 g/mol. The Morgan fingerprint density at radius 1 is 1.43 bits per heavy atom.